The Kier molecular flexibility index (Phi) is 7.98. The highest BCUT2D eigenvalue weighted by atomic mass is 32.2. The van der Waals surface area contributed by atoms with Crippen molar-refractivity contribution >= 4 is 61.3 Å². The second kappa shape index (κ2) is 10.2. The molecule has 2 atom stereocenters. The number of alkyl halides is 3. The van der Waals surface area contributed by atoms with E-state index in [1.165, 1.54) is 0 Å². The van der Waals surface area contributed by atoms with Gasteiger partial charge in [-0.3, -0.25) is 19.0 Å². The van der Waals surface area contributed by atoms with Crippen LogP contribution < -0.4 is 5.32 Å². The largest absolute Gasteiger partial charge is 0.477 e. The van der Waals surface area contributed by atoms with Crippen LogP contribution in [0.15, 0.2) is 20.9 Å². The van der Waals surface area contributed by atoms with Crippen molar-refractivity contribution in [2.75, 3.05) is 23.0 Å². The number of nitrogens with one attached hydrogen (secondary N) is 1. The van der Waals surface area contributed by atoms with Crippen molar-refractivity contribution in [3.8, 4) is 0 Å². The van der Waals surface area contributed by atoms with Gasteiger partial charge in [0, 0.05) is 11.5 Å². The summed E-state index contributed by atoms with van der Waals surface area (Å²) >= 11 is 1.85. The van der Waals surface area contributed by atoms with Crippen LogP contribution in [0.4, 0.5) is 13.2 Å². The Bertz CT molecular complexity index is 1320. The molecule has 0 aliphatic carbocycles. The highest BCUT2D eigenvalue weighted by Gasteiger charge is 2.54. The predicted molar refractivity (Wildman–Crippen MR) is 115 cm³/mol. The molecule has 2 aliphatic rings. The summed E-state index contributed by atoms with van der Waals surface area (Å²) < 4.78 is 95.6. The summed E-state index contributed by atoms with van der Waals surface area (Å²) in [5, 5.41) is 17.6. The maximum atomic E-state index is 12.5. The third kappa shape index (κ3) is 7.11. The third-order valence-electron chi connectivity index (χ3n) is 4.42. The minimum atomic E-state index is -5.05. The van der Waals surface area contributed by atoms with Gasteiger partial charge in [0.05, 0.1) is 0 Å². The SMILES string of the molecule is O=C(CS(=O)(=O)CC(F)(F)F)NC1C(=O)N2C(C(=O)O)=C(CSc3nnc(CS(=O)(=O)O)o3)CS[C@@H]12. The molecule has 1 aromatic heterocycles. The molecule has 0 spiro atoms. The number of carboxylic acid groups (broad SMARTS) is 1. The Hall–Kier alpha value is -2.36. The van der Waals surface area contributed by atoms with E-state index in [1.807, 2.05) is 5.32 Å². The number of nitrogens with zero attached hydrogens (tertiary/aromatic N) is 3. The number of carboxylic acids is 1. The molecule has 1 unspecified atom stereocenters. The topological polar surface area (TPSA) is 214 Å². The summed E-state index contributed by atoms with van der Waals surface area (Å²) in [6.45, 7) is 0. The molecule has 1 saturated heterocycles. The molecule has 0 aromatic carbocycles. The predicted octanol–water partition coefficient (Wildman–Crippen LogP) is -0.735. The van der Waals surface area contributed by atoms with Crippen LogP contribution in [-0.2, 0) is 40.1 Å². The van der Waals surface area contributed by atoms with E-state index >= 15 is 0 Å². The average Bonchev–Trinajstić information content (AvgIpc) is 3.12. The molecule has 2 aliphatic heterocycles. The van der Waals surface area contributed by atoms with Gasteiger partial charge in [-0.1, -0.05) is 11.8 Å². The second-order valence-electron chi connectivity index (χ2n) is 7.34. The number of thioether (sulfide) groups is 2. The van der Waals surface area contributed by atoms with Gasteiger partial charge in [-0.25, -0.2) is 13.2 Å². The lowest BCUT2D eigenvalue weighted by Gasteiger charge is -2.49. The maximum absolute atomic E-state index is 12.5. The van der Waals surface area contributed by atoms with Crippen molar-refractivity contribution in [2.45, 2.75) is 28.6 Å². The molecule has 0 saturated carbocycles. The minimum absolute atomic E-state index is 0.0356. The highest BCUT2D eigenvalue weighted by Crippen LogP contribution is 2.41. The van der Waals surface area contributed by atoms with Gasteiger partial charge in [0.25, 0.3) is 21.2 Å². The van der Waals surface area contributed by atoms with E-state index in [1.54, 1.807) is 0 Å². The van der Waals surface area contributed by atoms with Crippen molar-refractivity contribution in [1.29, 1.82) is 0 Å². The van der Waals surface area contributed by atoms with E-state index in [0.29, 0.717) is 0 Å². The van der Waals surface area contributed by atoms with Gasteiger partial charge < -0.3 is 14.8 Å². The summed E-state index contributed by atoms with van der Waals surface area (Å²) in [5.74, 6) is -8.80. The molecular weight excluding hydrogens is 581 g/mol. The first-order valence-corrected chi connectivity index (χ1v) is 14.8. The molecule has 2 amide bonds. The Balaban J connectivity index is 1.66. The second-order valence-corrected chi connectivity index (χ2v) is 12.9. The fraction of sp³-hybridized carbons (Fsp3) is 0.533. The van der Waals surface area contributed by atoms with Crippen LogP contribution in [0.5, 0.6) is 0 Å². The Morgan fingerprint density at radius 1 is 1.25 bits per heavy atom. The van der Waals surface area contributed by atoms with Crippen molar-refractivity contribution in [1.82, 2.24) is 20.4 Å². The van der Waals surface area contributed by atoms with Crippen LogP contribution in [0, 0.1) is 0 Å². The van der Waals surface area contributed by atoms with Crippen molar-refractivity contribution < 1.29 is 58.5 Å². The number of aliphatic carboxylic acids is 1. The molecule has 1 aromatic rings. The van der Waals surface area contributed by atoms with E-state index in [0.717, 1.165) is 28.4 Å². The van der Waals surface area contributed by atoms with Crippen LogP contribution >= 0.6 is 23.5 Å². The zero-order valence-electron chi connectivity index (χ0n) is 17.5. The number of sulfone groups is 1. The fourth-order valence-corrected chi connectivity index (χ4v) is 6.95. The number of hydrogen-bond donors (Lipinski definition) is 3. The van der Waals surface area contributed by atoms with Gasteiger partial charge in [-0.15, -0.1) is 22.0 Å². The summed E-state index contributed by atoms with van der Waals surface area (Å²) in [4.78, 5) is 37.2. The van der Waals surface area contributed by atoms with Crippen LogP contribution in [0.1, 0.15) is 5.89 Å². The monoisotopic (exact) mass is 596 g/mol. The van der Waals surface area contributed by atoms with Gasteiger partial charge in [0.2, 0.25) is 11.8 Å². The molecule has 36 heavy (non-hydrogen) atoms. The number of carbonyl (C=O) groups excluding carboxylic acids is 2. The van der Waals surface area contributed by atoms with E-state index < -0.39 is 84.2 Å². The number of rotatable bonds is 10. The highest BCUT2D eigenvalue weighted by molar-refractivity contribution is 8.01. The Morgan fingerprint density at radius 3 is 2.50 bits per heavy atom. The first-order valence-electron chi connectivity index (χ1n) is 9.32. The zero-order chi connectivity index (χ0) is 27.1. The van der Waals surface area contributed by atoms with Crippen LogP contribution in [0.25, 0.3) is 0 Å². The maximum Gasteiger partial charge on any atom is 0.402 e. The quantitative estimate of drug-likeness (QED) is 0.172. The van der Waals surface area contributed by atoms with E-state index in [4.69, 9.17) is 8.97 Å². The van der Waals surface area contributed by atoms with Gasteiger partial charge >= 0.3 is 12.1 Å². The first kappa shape index (κ1) is 28.2. The Morgan fingerprint density at radius 2 is 1.92 bits per heavy atom. The molecule has 14 nitrogen and oxygen atoms in total. The number of halogens is 3. The number of carbonyl (C=O) groups is 3. The van der Waals surface area contributed by atoms with Crippen LogP contribution in [0.2, 0.25) is 0 Å². The van der Waals surface area contributed by atoms with Crippen molar-refractivity contribution in [2.24, 2.45) is 0 Å². The van der Waals surface area contributed by atoms with Crippen LogP contribution in [-0.4, -0.2) is 100.0 Å². The van der Waals surface area contributed by atoms with Gasteiger partial charge in [0.1, 0.15) is 28.6 Å². The number of hydrogen-bond acceptors (Lipinski definition) is 12. The summed E-state index contributed by atoms with van der Waals surface area (Å²) in [6.07, 6.45) is -5.05. The molecule has 1 fully saturated rings. The number of fused-ring (bicyclic) bond motifs is 1. The summed E-state index contributed by atoms with van der Waals surface area (Å²) in [6, 6.07) is -1.34. The molecule has 3 rings (SSSR count). The van der Waals surface area contributed by atoms with Crippen molar-refractivity contribution in [3.05, 3.63) is 17.2 Å². The smallest absolute Gasteiger partial charge is 0.402 e. The molecule has 0 bridgehead atoms. The lowest BCUT2D eigenvalue weighted by molar-refractivity contribution is -0.150. The minimum Gasteiger partial charge on any atom is -0.477 e. The number of aromatic nitrogens is 2. The van der Waals surface area contributed by atoms with Gasteiger partial charge in [0.15, 0.2) is 15.6 Å². The molecular formula is C15H15F3N4O10S4. The van der Waals surface area contributed by atoms with Crippen molar-refractivity contribution in [3.63, 3.8) is 0 Å². The van der Waals surface area contributed by atoms with Gasteiger partial charge in [-0.2, -0.15) is 21.6 Å². The zero-order valence-corrected chi connectivity index (χ0v) is 20.7. The van der Waals surface area contributed by atoms with Gasteiger partial charge in [-0.05, 0) is 5.57 Å². The van der Waals surface area contributed by atoms with E-state index in [2.05, 4.69) is 10.2 Å². The fourth-order valence-electron chi connectivity index (χ4n) is 3.17. The molecule has 0 radical (unpaired) electrons. The molecule has 200 valence electrons. The lowest BCUT2D eigenvalue weighted by atomic mass is 10.0. The molecule has 21 heteroatoms. The van der Waals surface area contributed by atoms with Crippen LogP contribution in [0.3, 0.4) is 0 Å². The third-order valence-corrected chi connectivity index (χ3v) is 8.75. The molecule has 3 N–H and O–H groups in total. The average molecular weight is 597 g/mol. The summed E-state index contributed by atoms with van der Waals surface area (Å²) in [7, 11) is -9.25. The number of β-lactam (4-membered cyclic amide) rings is 1. The molecule has 3 heterocycles. The lowest BCUT2D eigenvalue weighted by Crippen LogP contribution is -2.71. The summed E-state index contributed by atoms with van der Waals surface area (Å²) in [5.41, 5.74) is -0.182. The van der Waals surface area contributed by atoms with E-state index in [9.17, 15) is 49.5 Å². The first-order chi connectivity index (χ1) is 16.5. The standard InChI is InChI=1S/C15H15F3N4O10S4/c16-15(17,18)5-35(27,28)3-7(23)19-9-11(24)22-10(13(25)26)6(1-33-12(9)22)2-34-14-21-20-8(32-14)4-36(29,30)31/h9,12H,1-5H2,(H,19,23)(H,25,26)(H,29,30,31)/t9?,12-/m0/s1. The Labute approximate surface area is 208 Å². The normalized spacial score (nSPS) is 20.7. The number of amides is 2. The van der Waals surface area contributed by atoms with E-state index in [-0.39, 0.29) is 22.3 Å².